The molecule has 0 saturated heterocycles. The molecule has 1 N–H and O–H groups in total. The van der Waals surface area contributed by atoms with Crippen LogP contribution in [0.3, 0.4) is 0 Å². The van der Waals surface area contributed by atoms with Crippen molar-refractivity contribution in [2.75, 3.05) is 0 Å². The molecule has 3 heterocycles. The molecule has 0 aromatic carbocycles. The number of pyridine rings is 1. The van der Waals surface area contributed by atoms with Gasteiger partial charge in [-0.2, -0.15) is 0 Å². The number of carbonyl (C=O) groups is 1. The van der Waals surface area contributed by atoms with Gasteiger partial charge in [0, 0.05) is 27.1 Å². The number of rotatable bonds is 3. The summed E-state index contributed by atoms with van der Waals surface area (Å²) in [4.78, 5) is 25.7. The largest absolute Gasteiger partial charge is 0.477 e. The van der Waals surface area contributed by atoms with E-state index in [-0.39, 0.29) is 0 Å². The van der Waals surface area contributed by atoms with E-state index in [9.17, 15) is 9.90 Å². The Morgan fingerprint density at radius 1 is 1.43 bits per heavy atom. The van der Waals surface area contributed by atoms with E-state index in [4.69, 9.17) is 0 Å². The van der Waals surface area contributed by atoms with E-state index in [0.717, 1.165) is 19.8 Å². The lowest BCUT2D eigenvalue weighted by atomic mass is 10.2. The highest BCUT2D eigenvalue weighted by atomic mass is 79.9. The second kappa shape index (κ2) is 5.70. The van der Waals surface area contributed by atoms with Gasteiger partial charge in [-0.05, 0) is 34.5 Å². The third kappa shape index (κ3) is 2.66. The van der Waals surface area contributed by atoms with Crippen LogP contribution in [-0.4, -0.2) is 26.0 Å². The summed E-state index contributed by atoms with van der Waals surface area (Å²) >= 11 is 6.08. The molecule has 0 atom stereocenters. The highest BCUT2D eigenvalue weighted by Gasteiger charge is 2.19. The molecule has 5 nitrogen and oxygen atoms in total. The van der Waals surface area contributed by atoms with Gasteiger partial charge in [0.25, 0.3) is 0 Å². The van der Waals surface area contributed by atoms with Crippen molar-refractivity contribution in [3.63, 3.8) is 0 Å². The summed E-state index contributed by atoms with van der Waals surface area (Å²) in [5, 5.41) is 10.8. The molecule has 0 aliphatic carbocycles. The number of aromatic carboxylic acids is 1. The molecule has 3 aromatic rings. The van der Waals surface area contributed by atoms with Crippen LogP contribution >= 0.6 is 39.0 Å². The van der Waals surface area contributed by atoms with Crippen LogP contribution in [0.15, 0.2) is 39.2 Å². The average Bonchev–Trinajstić information content (AvgIpc) is 2.80. The van der Waals surface area contributed by atoms with Crippen LogP contribution in [-0.2, 0) is 0 Å². The first-order valence-corrected chi connectivity index (χ1v) is 8.25. The molecule has 0 unspecified atom stereocenters. The molecule has 106 valence electrons. The van der Waals surface area contributed by atoms with Gasteiger partial charge in [-0.15, -0.1) is 11.3 Å². The average molecular weight is 382 g/mol. The first kappa shape index (κ1) is 14.4. The van der Waals surface area contributed by atoms with Gasteiger partial charge in [0.2, 0.25) is 0 Å². The Morgan fingerprint density at radius 3 is 2.95 bits per heavy atom. The molecule has 3 rings (SSSR count). The summed E-state index contributed by atoms with van der Waals surface area (Å²) in [6, 6.07) is 1.88. The molecule has 21 heavy (non-hydrogen) atoms. The van der Waals surface area contributed by atoms with Crippen LogP contribution in [0.5, 0.6) is 0 Å². The summed E-state index contributed by atoms with van der Waals surface area (Å²) in [5.41, 5.74) is 0.704. The van der Waals surface area contributed by atoms with E-state index in [2.05, 4.69) is 30.9 Å². The number of nitrogens with zero attached hydrogens (tertiary/aromatic N) is 3. The Morgan fingerprint density at radius 2 is 2.24 bits per heavy atom. The van der Waals surface area contributed by atoms with Crippen molar-refractivity contribution in [2.24, 2.45) is 0 Å². The maximum absolute atomic E-state index is 11.3. The van der Waals surface area contributed by atoms with Crippen molar-refractivity contribution >= 4 is 55.2 Å². The molecule has 8 heteroatoms. The Balaban J connectivity index is 2.15. The van der Waals surface area contributed by atoms with Crippen molar-refractivity contribution in [3.05, 3.63) is 39.7 Å². The monoisotopic (exact) mass is 381 g/mol. The molecule has 0 aliphatic rings. The van der Waals surface area contributed by atoms with E-state index in [1.165, 1.54) is 29.4 Å². The first-order valence-electron chi connectivity index (χ1n) is 5.82. The highest BCUT2D eigenvalue weighted by molar-refractivity contribution is 9.10. The first-order chi connectivity index (χ1) is 10.1. The maximum Gasteiger partial charge on any atom is 0.346 e. The number of aromatic nitrogens is 3. The van der Waals surface area contributed by atoms with Gasteiger partial charge in [-0.1, -0.05) is 11.8 Å². The van der Waals surface area contributed by atoms with Crippen LogP contribution in [0.2, 0.25) is 0 Å². The Labute approximate surface area is 136 Å². The second-order valence-corrected chi connectivity index (χ2v) is 7.01. The van der Waals surface area contributed by atoms with E-state index < -0.39 is 5.97 Å². The van der Waals surface area contributed by atoms with Gasteiger partial charge in [-0.3, -0.25) is 4.98 Å². The van der Waals surface area contributed by atoms with Gasteiger partial charge >= 0.3 is 5.97 Å². The number of halogens is 1. The number of aryl methyl sites for hydroxylation is 1. The fourth-order valence-corrected chi connectivity index (χ4v) is 4.35. The van der Waals surface area contributed by atoms with Crippen molar-refractivity contribution in [3.8, 4) is 0 Å². The summed E-state index contributed by atoms with van der Waals surface area (Å²) in [7, 11) is 0. The number of carboxylic acids is 1. The van der Waals surface area contributed by atoms with E-state index in [1.54, 1.807) is 19.3 Å². The normalized spacial score (nSPS) is 11.0. The molecule has 0 bridgehead atoms. The predicted octanol–water partition coefficient (Wildman–Crippen LogP) is 4.01. The van der Waals surface area contributed by atoms with Gasteiger partial charge in [0.15, 0.2) is 0 Å². The van der Waals surface area contributed by atoms with Crippen LogP contribution in [0.25, 0.3) is 10.2 Å². The van der Waals surface area contributed by atoms with E-state index in [0.29, 0.717) is 15.3 Å². The summed E-state index contributed by atoms with van der Waals surface area (Å²) in [6.45, 7) is 1.79. The van der Waals surface area contributed by atoms with E-state index in [1.807, 2.05) is 6.07 Å². The van der Waals surface area contributed by atoms with Crippen molar-refractivity contribution < 1.29 is 9.90 Å². The summed E-state index contributed by atoms with van der Waals surface area (Å²) < 4.78 is 0.869. The Bertz CT molecular complexity index is 851. The number of thiophene rings is 1. The molecular weight excluding hydrogens is 374 g/mol. The SMILES string of the molecule is Cc1c(C(=O)O)sc2ncnc(Sc3ccncc3Br)c12. The topological polar surface area (TPSA) is 76.0 Å². The lowest BCUT2D eigenvalue weighted by Gasteiger charge is -2.04. The third-order valence-corrected chi connectivity index (χ3v) is 5.99. The fourth-order valence-electron chi connectivity index (χ4n) is 1.87. The molecular formula is C13H8BrN3O2S2. The molecule has 0 aliphatic heterocycles. The number of hydrogen-bond acceptors (Lipinski definition) is 6. The van der Waals surface area contributed by atoms with Gasteiger partial charge in [0.1, 0.15) is 21.1 Å². The molecule has 0 saturated carbocycles. The molecule has 0 spiro atoms. The van der Waals surface area contributed by atoms with Crippen LogP contribution in [0.4, 0.5) is 0 Å². The van der Waals surface area contributed by atoms with E-state index >= 15 is 0 Å². The summed E-state index contributed by atoms with van der Waals surface area (Å²) in [6.07, 6.45) is 4.87. The minimum absolute atomic E-state index is 0.307. The molecule has 0 amide bonds. The van der Waals surface area contributed by atoms with Crippen LogP contribution < -0.4 is 0 Å². The van der Waals surface area contributed by atoms with Crippen molar-refractivity contribution in [1.82, 2.24) is 15.0 Å². The zero-order valence-electron chi connectivity index (χ0n) is 10.7. The number of hydrogen-bond donors (Lipinski definition) is 1. The number of carboxylic acid groups (broad SMARTS) is 1. The lowest BCUT2D eigenvalue weighted by Crippen LogP contribution is -1.94. The fraction of sp³-hybridized carbons (Fsp3) is 0.0769. The highest BCUT2D eigenvalue weighted by Crippen LogP contribution is 2.39. The van der Waals surface area contributed by atoms with Crippen molar-refractivity contribution in [2.45, 2.75) is 16.8 Å². The van der Waals surface area contributed by atoms with Crippen molar-refractivity contribution in [1.29, 1.82) is 0 Å². The number of fused-ring (bicyclic) bond motifs is 1. The van der Waals surface area contributed by atoms with Gasteiger partial charge in [-0.25, -0.2) is 14.8 Å². The minimum atomic E-state index is -0.934. The smallest absolute Gasteiger partial charge is 0.346 e. The third-order valence-electron chi connectivity index (χ3n) is 2.83. The van der Waals surface area contributed by atoms with Crippen LogP contribution in [0, 0.1) is 6.92 Å². The summed E-state index contributed by atoms with van der Waals surface area (Å²) in [5.74, 6) is -0.934. The van der Waals surface area contributed by atoms with Gasteiger partial charge in [0.05, 0.1) is 0 Å². The minimum Gasteiger partial charge on any atom is -0.477 e. The maximum atomic E-state index is 11.3. The van der Waals surface area contributed by atoms with Gasteiger partial charge < -0.3 is 5.11 Å². The predicted molar refractivity (Wildman–Crippen MR) is 85.2 cm³/mol. The Kier molecular flexibility index (Phi) is 3.92. The Hall–Kier alpha value is -1.51. The zero-order valence-corrected chi connectivity index (χ0v) is 13.9. The lowest BCUT2D eigenvalue weighted by molar-refractivity contribution is 0.0701. The van der Waals surface area contributed by atoms with Crippen LogP contribution in [0.1, 0.15) is 15.2 Å². The quantitative estimate of drug-likeness (QED) is 0.690. The second-order valence-electron chi connectivity index (χ2n) is 4.13. The molecule has 3 aromatic heterocycles. The molecule has 0 fully saturated rings. The zero-order chi connectivity index (χ0) is 15.0. The molecule has 0 radical (unpaired) electrons. The standard InChI is InChI=1S/C13H8BrN3O2S2/c1-6-9-11(20-8-2-3-15-4-7(8)14)16-5-17-12(9)21-10(6)13(18)19/h2-5H,1H3,(H,18,19).